The second kappa shape index (κ2) is 8.76. The van der Waals surface area contributed by atoms with Crippen LogP contribution < -0.4 is 5.32 Å². The van der Waals surface area contributed by atoms with Crippen LogP contribution in [0.4, 0.5) is 8.78 Å². The van der Waals surface area contributed by atoms with Gasteiger partial charge in [-0.05, 0) is 0 Å². The lowest BCUT2D eigenvalue weighted by atomic mass is 10.2. The third kappa shape index (κ3) is 7.13. The van der Waals surface area contributed by atoms with Gasteiger partial charge in [0.2, 0.25) is 5.91 Å². The number of aliphatic hydroxyl groups is 1. The molecule has 1 unspecified atom stereocenters. The van der Waals surface area contributed by atoms with Crippen molar-refractivity contribution in [2.75, 3.05) is 33.4 Å². The smallest absolute Gasteiger partial charge is 0.329 e. The zero-order chi connectivity index (χ0) is 14.1. The van der Waals surface area contributed by atoms with E-state index >= 15 is 0 Å². The van der Waals surface area contributed by atoms with Gasteiger partial charge in [-0.25, -0.2) is 13.6 Å². The number of hydrogen-bond acceptors (Lipinski definition) is 5. The van der Waals surface area contributed by atoms with Crippen molar-refractivity contribution in [2.45, 2.75) is 19.4 Å². The highest BCUT2D eigenvalue weighted by Gasteiger charge is 2.24. The van der Waals surface area contributed by atoms with Crippen molar-refractivity contribution >= 4 is 11.9 Å². The zero-order valence-corrected chi connectivity index (χ0v) is 10.4. The maximum Gasteiger partial charge on any atom is 0.329 e. The molecular weight excluding hydrogens is 250 g/mol. The molecule has 0 saturated heterocycles. The highest BCUT2D eigenvalue weighted by molar-refractivity contribution is 5.83. The lowest BCUT2D eigenvalue weighted by Crippen LogP contribution is -2.49. The number of nitrogens with one attached hydrogen (secondary N) is 1. The lowest BCUT2D eigenvalue weighted by molar-refractivity contribution is -0.145. The summed E-state index contributed by atoms with van der Waals surface area (Å²) >= 11 is 0. The third-order valence-corrected chi connectivity index (χ3v) is 2.12. The van der Waals surface area contributed by atoms with E-state index < -0.39 is 30.9 Å². The predicted molar refractivity (Wildman–Crippen MR) is 59.2 cm³/mol. The molecule has 2 N–H and O–H groups in total. The highest BCUT2D eigenvalue weighted by Crippen LogP contribution is 2.01. The first kappa shape index (κ1) is 16.7. The SMILES string of the molecule is COC(=O)C(CN(CCO)CC(F)F)NC(C)=O. The summed E-state index contributed by atoms with van der Waals surface area (Å²) in [6, 6.07) is -1.03. The Balaban J connectivity index is 4.57. The molecule has 0 spiro atoms. The number of hydrogen-bond donors (Lipinski definition) is 2. The second-order valence-corrected chi connectivity index (χ2v) is 3.65. The Labute approximate surface area is 104 Å². The van der Waals surface area contributed by atoms with E-state index in [0.717, 1.165) is 7.11 Å². The van der Waals surface area contributed by atoms with Crippen molar-refractivity contribution < 1.29 is 28.2 Å². The van der Waals surface area contributed by atoms with Crippen LogP contribution in [0.25, 0.3) is 0 Å². The number of methoxy groups -OCH3 is 1. The normalized spacial score (nSPS) is 12.6. The van der Waals surface area contributed by atoms with E-state index in [2.05, 4.69) is 10.1 Å². The third-order valence-electron chi connectivity index (χ3n) is 2.12. The summed E-state index contributed by atoms with van der Waals surface area (Å²) in [5, 5.41) is 11.1. The van der Waals surface area contributed by atoms with Gasteiger partial charge in [0.25, 0.3) is 6.43 Å². The maximum absolute atomic E-state index is 12.3. The fraction of sp³-hybridized carbons (Fsp3) is 0.800. The monoisotopic (exact) mass is 268 g/mol. The first-order chi connectivity index (χ1) is 8.40. The summed E-state index contributed by atoms with van der Waals surface area (Å²) in [5.41, 5.74) is 0. The van der Waals surface area contributed by atoms with Gasteiger partial charge in [0, 0.05) is 20.0 Å². The van der Waals surface area contributed by atoms with E-state index in [1.165, 1.54) is 11.8 Å². The van der Waals surface area contributed by atoms with Gasteiger partial charge in [0.1, 0.15) is 6.04 Å². The molecule has 106 valence electrons. The van der Waals surface area contributed by atoms with E-state index in [1.807, 2.05) is 0 Å². The molecule has 0 rings (SSSR count). The molecule has 0 aromatic heterocycles. The first-order valence-electron chi connectivity index (χ1n) is 5.37. The summed E-state index contributed by atoms with van der Waals surface area (Å²) in [7, 11) is 1.14. The second-order valence-electron chi connectivity index (χ2n) is 3.65. The Kier molecular flexibility index (Phi) is 8.14. The molecule has 0 aromatic rings. The van der Waals surface area contributed by atoms with Crippen molar-refractivity contribution in [3.63, 3.8) is 0 Å². The number of esters is 1. The van der Waals surface area contributed by atoms with E-state index in [1.54, 1.807) is 0 Å². The molecule has 0 aliphatic carbocycles. The number of amides is 1. The Bertz CT molecular complexity index is 277. The Morgan fingerprint density at radius 2 is 2.00 bits per heavy atom. The summed E-state index contributed by atoms with van der Waals surface area (Å²) in [4.78, 5) is 23.4. The van der Waals surface area contributed by atoms with Gasteiger partial charge in [0.15, 0.2) is 0 Å². The van der Waals surface area contributed by atoms with E-state index in [4.69, 9.17) is 5.11 Å². The van der Waals surface area contributed by atoms with Crippen molar-refractivity contribution in [3.8, 4) is 0 Å². The van der Waals surface area contributed by atoms with E-state index in [-0.39, 0.29) is 19.7 Å². The predicted octanol–water partition coefficient (Wildman–Crippen LogP) is -0.776. The number of alkyl halides is 2. The Morgan fingerprint density at radius 1 is 1.39 bits per heavy atom. The van der Waals surface area contributed by atoms with Crippen LogP contribution in [0, 0.1) is 0 Å². The molecule has 1 amide bonds. The topological polar surface area (TPSA) is 78.9 Å². The van der Waals surface area contributed by atoms with Gasteiger partial charge in [0.05, 0.1) is 20.3 Å². The zero-order valence-electron chi connectivity index (χ0n) is 10.4. The van der Waals surface area contributed by atoms with Crippen LogP contribution >= 0.6 is 0 Å². The molecule has 0 heterocycles. The van der Waals surface area contributed by atoms with Crippen molar-refractivity contribution in [1.29, 1.82) is 0 Å². The van der Waals surface area contributed by atoms with Gasteiger partial charge in [-0.2, -0.15) is 0 Å². The number of rotatable bonds is 8. The lowest BCUT2D eigenvalue weighted by Gasteiger charge is -2.25. The molecule has 18 heavy (non-hydrogen) atoms. The molecular formula is C10H18F2N2O4. The van der Waals surface area contributed by atoms with Crippen LogP contribution in [-0.4, -0.2) is 67.7 Å². The quantitative estimate of drug-likeness (QED) is 0.565. The van der Waals surface area contributed by atoms with Gasteiger partial charge in [-0.3, -0.25) is 9.69 Å². The molecule has 1 atom stereocenters. The van der Waals surface area contributed by atoms with Crippen LogP contribution in [0.5, 0.6) is 0 Å². The fourth-order valence-electron chi connectivity index (χ4n) is 1.42. The average Bonchev–Trinajstić information content (AvgIpc) is 2.26. The number of ether oxygens (including phenoxy) is 1. The number of carbonyl (C=O) groups is 2. The molecule has 0 radical (unpaired) electrons. The molecule has 0 aromatic carbocycles. The summed E-state index contributed by atoms with van der Waals surface area (Å²) < 4.78 is 29.0. The van der Waals surface area contributed by atoms with Gasteiger partial charge in [-0.15, -0.1) is 0 Å². The van der Waals surface area contributed by atoms with Crippen LogP contribution in [0.3, 0.4) is 0 Å². The van der Waals surface area contributed by atoms with E-state index in [0.29, 0.717) is 0 Å². The number of nitrogens with zero attached hydrogens (tertiary/aromatic N) is 1. The minimum atomic E-state index is -2.59. The van der Waals surface area contributed by atoms with Crippen molar-refractivity contribution in [3.05, 3.63) is 0 Å². The Morgan fingerprint density at radius 3 is 2.39 bits per heavy atom. The summed E-state index contributed by atoms with van der Waals surface area (Å²) in [5.74, 6) is -1.19. The minimum absolute atomic E-state index is 0.0164. The van der Waals surface area contributed by atoms with Gasteiger partial charge >= 0.3 is 5.97 Å². The van der Waals surface area contributed by atoms with Crippen molar-refractivity contribution in [2.24, 2.45) is 0 Å². The molecule has 6 nitrogen and oxygen atoms in total. The molecule has 0 aliphatic heterocycles. The number of aliphatic hydroxyl groups excluding tert-OH is 1. The fourth-order valence-corrected chi connectivity index (χ4v) is 1.42. The summed E-state index contributed by atoms with van der Waals surface area (Å²) in [6.45, 7) is 0.141. The number of carbonyl (C=O) groups excluding carboxylic acids is 2. The Hall–Kier alpha value is -1.28. The summed E-state index contributed by atoms with van der Waals surface area (Å²) in [6.07, 6.45) is -2.59. The van der Waals surface area contributed by atoms with Gasteiger partial charge in [-0.1, -0.05) is 0 Å². The van der Waals surface area contributed by atoms with Gasteiger partial charge < -0.3 is 15.2 Å². The van der Waals surface area contributed by atoms with Crippen LogP contribution in [0.2, 0.25) is 0 Å². The maximum atomic E-state index is 12.3. The molecule has 0 bridgehead atoms. The standard InChI is InChI=1S/C10H18F2N2O4/c1-7(16)13-8(10(17)18-2)5-14(3-4-15)6-9(11)12/h8-9,15H,3-6H2,1-2H3,(H,13,16). The van der Waals surface area contributed by atoms with Crippen LogP contribution in [0.1, 0.15) is 6.92 Å². The average molecular weight is 268 g/mol. The first-order valence-corrected chi connectivity index (χ1v) is 5.37. The molecule has 0 saturated carbocycles. The molecule has 8 heteroatoms. The largest absolute Gasteiger partial charge is 0.467 e. The minimum Gasteiger partial charge on any atom is -0.467 e. The van der Waals surface area contributed by atoms with Crippen LogP contribution in [0.15, 0.2) is 0 Å². The van der Waals surface area contributed by atoms with Crippen molar-refractivity contribution in [1.82, 2.24) is 10.2 Å². The molecule has 0 fully saturated rings. The van der Waals surface area contributed by atoms with Crippen LogP contribution in [-0.2, 0) is 14.3 Å². The number of halogens is 2. The highest BCUT2D eigenvalue weighted by atomic mass is 19.3. The molecule has 0 aliphatic rings. The van der Waals surface area contributed by atoms with E-state index in [9.17, 15) is 18.4 Å².